The summed E-state index contributed by atoms with van der Waals surface area (Å²) in [6.45, 7) is 0. The standard InChI is InChI=1S/C24H18O3P2/c25-28(17-9-3-1-4-10-17)21-15-7-13-19-20-14-8-16-22(24(20)27-23(19)21)29(26)18-11-5-2-6-12-18/h1-16,28-29H. The van der Waals surface area contributed by atoms with Crippen molar-refractivity contribution in [2.75, 3.05) is 0 Å². The lowest BCUT2D eigenvalue weighted by Gasteiger charge is -2.03. The minimum absolute atomic E-state index is 0.616. The quantitative estimate of drug-likeness (QED) is 0.402. The molecule has 0 saturated carbocycles. The first-order chi connectivity index (χ1) is 14.2. The van der Waals surface area contributed by atoms with Crippen molar-refractivity contribution in [3.8, 4) is 0 Å². The Balaban J connectivity index is 1.72. The third-order valence-electron chi connectivity index (χ3n) is 5.09. The zero-order chi connectivity index (χ0) is 19.8. The van der Waals surface area contributed by atoms with E-state index in [2.05, 4.69) is 0 Å². The Bertz CT molecular complexity index is 1270. The molecule has 142 valence electrons. The van der Waals surface area contributed by atoms with Gasteiger partial charge in [-0.2, -0.15) is 0 Å². The summed E-state index contributed by atoms with van der Waals surface area (Å²) in [5, 5.41) is 4.78. The molecule has 2 unspecified atom stereocenters. The highest BCUT2D eigenvalue weighted by Crippen LogP contribution is 2.34. The molecule has 29 heavy (non-hydrogen) atoms. The lowest BCUT2D eigenvalue weighted by atomic mass is 10.1. The minimum atomic E-state index is -2.21. The zero-order valence-corrected chi connectivity index (χ0v) is 17.5. The number of benzene rings is 4. The fourth-order valence-electron chi connectivity index (χ4n) is 3.67. The number of hydrogen-bond acceptors (Lipinski definition) is 3. The maximum atomic E-state index is 13.2. The van der Waals surface area contributed by atoms with Crippen molar-refractivity contribution in [2.24, 2.45) is 0 Å². The van der Waals surface area contributed by atoms with Gasteiger partial charge in [0.05, 0.1) is 10.6 Å². The number of rotatable bonds is 4. The van der Waals surface area contributed by atoms with Crippen LogP contribution in [0.15, 0.2) is 101 Å². The first kappa shape index (κ1) is 18.2. The van der Waals surface area contributed by atoms with Crippen molar-refractivity contribution in [3.05, 3.63) is 97.1 Å². The van der Waals surface area contributed by atoms with Crippen molar-refractivity contribution in [1.29, 1.82) is 0 Å². The molecule has 0 aliphatic carbocycles. The SMILES string of the molecule is O=[PH](c1ccccc1)c1cccc2c1oc1c([PH](=O)c3ccccc3)cccc12. The number of hydrogen-bond donors (Lipinski definition) is 0. The van der Waals surface area contributed by atoms with Crippen molar-refractivity contribution in [1.82, 2.24) is 0 Å². The summed E-state index contributed by atoms with van der Waals surface area (Å²) >= 11 is 0. The van der Waals surface area contributed by atoms with Crippen LogP contribution in [-0.4, -0.2) is 0 Å². The maximum absolute atomic E-state index is 13.2. The van der Waals surface area contributed by atoms with Gasteiger partial charge in [-0.1, -0.05) is 84.9 Å². The summed E-state index contributed by atoms with van der Waals surface area (Å²) in [7, 11) is -4.43. The van der Waals surface area contributed by atoms with Gasteiger partial charge < -0.3 is 13.5 Å². The zero-order valence-electron chi connectivity index (χ0n) is 15.5. The summed E-state index contributed by atoms with van der Waals surface area (Å²) < 4.78 is 32.7. The van der Waals surface area contributed by atoms with E-state index < -0.39 is 15.6 Å². The number of fused-ring (bicyclic) bond motifs is 3. The van der Waals surface area contributed by atoms with Gasteiger partial charge in [0.25, 0.3) is 0 Å². The van der Waals surface area contributed by atoms with Gasteiger partial charge in [0.2, 0.25) is 0 Å². The Hall–Kier alpha value is -2.86. The average molecular weight is 416 g/mol. The molecule has 0 N–H and O–H groups in total. The van der Waals surface area contributed by atoms with Gasteiger partial charge in [0.15, 0.2) is 0 Å². The minimum Gasteiger partial charge on any atom is -0.454 e. The molecule has 4 aromatic carbocycles. The molecular formula is C24H18O3P2. The molecule has 5 heteroatoms. The third kappa shape index (κ3) is 3.17. The van der Waals surface area contributed by atoms with E-state index >= 15 is 0 Å². The second kappa shape index (κ2) is 7.52. The molecule has 5 rings (SSSR count). The van der Waals surface area contributed by atoms with Crippen LogP contribution >= 0.6 is 15.6 Å². The highest BCUT2D eigenvalue weighted by Gasteiger charge is 2.19. The summed E-state index contributed by atoms with van der Waals surface area (Å²) in [6, 6.07) is 30.4. The van der Waals surface area contributed by atoms with Gasteiger partial charge >= 0.3 is 0 Å². The highest BCUT2D eigenvalue weighted by atomic mass is 31.1. The van der Waals surface area contributed by atoms with E-state index in [1.54, 1.807) is 0 Å². The predicted molar refractivity (Wildman–Crippen MR) is 123 cm³/mol. The van der Waals surface area contributed by atoms with E-state index in [4.69, 9.17) is 4.42 Å². The second-order valence-corrected chi connectivity index (χ2v) is 10.4. The number of furan rings is 1. The van der Waals surface area contributed by atoms with Gasteiger partial charge in [-0.05, 0) is 12.1 Å². The van der Waals surface area contributed by atoms with Crippen molar-refractivity contribution in [2.45, 2.75) is 0 Å². The molecule has 1 aromatic heterocycles. The molecule has 0 amide bonds. The molecule has 3 nitrogen and oxygen atoms in total. The largest absolute Gasteiger partial charge is 0.454 e. The van der Waals surface area contributed by atoms with Crippen molar-refractivity contribution >= 4 is 58.8 Å². The van der Waals surface area contributed by atoms with Crippen LogP contribution in [0.4, 0.5) is 0 Å². The van der Waals surface area contributed by atoms with E-state index in [1.165, 1.54) is 0 Å². The average Bonchev–Trinajstić information content (AvgIpc) is 3.18. The van der Waals surface area contributed by atoms with Crippen LogP contribution in [0.5, 0.6) is 0 Å². The molecule has 0 bridgehead atoms. The lowest BCUT2D eigenvalue weighted by Crippen LogP contribution is -2.07. The van der Waals surface area contributed by atoms with Crippen LogP contribution < -0.4 is 21.2 Å². The summed E-state index contributed by atoms with van der Waals surface area (Å²) in [4.78, 5) is 0. The van der Waals surface area contributed by atoms with E-state index in [-0.39, 0.29) is 0 Å². The van der Waals surface area contributed by atoms with Crippen molar-refractivity contribution < 1.29 is 13.5 Å². The Morgan fingerprint density at radius 3 is 1.31 bits per heavy atom. The van der Waals surface area contributed by atoms with Crippen LogP contribution in [-0.2, 0) is 9.13 Å². The van der Waals surface area contributed by atoms with Gasteiger partial charge in [0, 0.05) is 21.4 Å². The molecule has 2 atom stereocenters. The Kier molecular flexibility index (Phi) is 4.72. The van der Waals surface area contributed by atoms with E-state index in [0.29, 0.717) is 21.8 Å². The molecular weight excluding hydrogens is 398 g/mol. The van der Waals surface area contributed by atoms with Crippen LogP contribution in [0.2, 0.25) is 0 Å². The maximum Gasteiger partial charge on any atom is 0.146 e. The molecule has 1 heterocycles. The second-order valence-electron chi connectivity index (χ2n) is 6.86. The Morgan fingerprint density at radius 1 is 0.483 bits per heavy atom. The van der Waals surface area contributed by atoms with Gasteiger partial charge in [0.1, 0.15) is 26.8 Å². The smallest absolute Gasteiger partial charge is 0.146 e. The van der Waals surface area contributed by atoms with Crippen molar-refractivity contribution in [3.63, 3.8) is 0 Å². The molecule has 0 radical (unpaired) electrons. The van der Waals surface area contributed by atoms with E-state index in [1.807, 2.05) is 97.1 Å². The fraction of sp³-hybridized carbons (Fsp3) is 0. The fourth-order valence-corrected chi connectivity index (χ4v) is 6.56. The van der Waals surface area contributed by atoms with Gasteiger partial charge in [-0.15, -0.1) is 0 Å². The van der Waals surface area contributed by atoms with E-state index in [0.717, 1.165) is 21.4 Å². The Morgan fingerprint density at radius 2 is 0.897 bits per heavy atom. The summed E-state index contributed by atoms with van der Waals surface area (Å²) in [5.74, 6) is 0. The molecule has 0 fully saturated rings. The highest BCUT2D eigenvalue weighted by molar-refractivity contribution is 7.62. The topological polar surface area (TPSA) is 47.3 Å². The van der Waals surface area contributed by atoms with Gasteiger partial charge in [-0.25, -0.2) is 0 Å². The molecule has 0 spiro atoms. The van der Waals surface area contributed by atoms with Crippen LogP contribution in [0.3, 0.4) is 0 Å². The Labute approximate surface area is 169 Å². The molecule has 5 aromatic rings. The molecule has 0 aliphatic heterocycles. The summed E-state index contributed by atoms with van der Waals surface area (Å²) in [6.07, 6.45) is 0. The molecule has 0 saturated heterocycles. The van der Waals surface area contributed by atoms with Crippen LogP contribution in [0, 0.1) is 0 Å². The first-order valence-electron chi connectivity index (χ1n) is 9.38. The van der Waals surface area contributed by atoms with Crippen LogP contribution in [0.1, 0.15) is 0 Å². The normalized spacial score (nSPS) is 13.5. The van der Waals surface area contributed by atoms with Gasteiger partial charge in [-0.3, -0.25) is 0 Å². The molecule has 0 aliphatic rings. The monoisotopic (exact) mass is 416 g/mol. The predicted octanol–water partition coefficient (Wildman–Crippen LogP) is 4.61. The van der Waals surface area contributed by atoms with E-state index in [9.17, 15) is 9.13 Å². The third-order valence-corrected chi connectivity index (χ3v) is 8.57. The van der Waals surface area contributed by atoms with Crippen LogP contribution in [0.25, 0.3) is 21.9 Å². The number of para-hydroxylation sites is 2. The summed E-state index contributed by atoms with van der Waals surface area (Å²) in [5.41, 5.74) is 1.23. The first-order valence-corrected chi connectivity index (χ1v) is 12.2. The lowest BCUT2D eigenvalue weighted by molar-refractivity contribution is 0.597.